The molecule has 0 fully saturated rings. The second kappa shape index (κ2) is 5.76. The fourth-order valence-corrected chi connectivity index (χ4v) is 2.53. The first-order valence-corrected chi connectivity index (χ1v) is 7.42. The summed E-state index contributed by atoms with van der Waals surface area (Å²) in [5, 5.41) is 5.57. The first-order valence-electron chi connectivity index (χ1n) is 7.42. The molecule has 2 amide bonds. The highest BCUT2D eigenvalue weighted by Gasteiger charge is 2.38. The van der Waals surface area contributed by atoms with Gasteiger partial charge in [0.05, 0.1) is 5.41 Å². The molecule has 0 radical (unpaired) electrons. The molecule has 0 saturated heterocycles. The summed E-state index contributed by atoms with van der Waals surface area (Å²) in [6.45, 7) is 4.10. The van der Waals surface area contributed by atoms with Crippen molar-refractivity contribution in [2.45, 2.75) is 25.8 Å². The Morgan fingerprint density at radius 3 is 2.65 bits per heavy atom. The highest BCUT2D eigenvalue weighted by atomic mass is 16.6. The molecule has 23 heavy (non-hydrogen) atoms. The van der Waals surface area contributed by atoms with Crippen LogP contribution in [-0.2, 0) is 16.8 Å². The zero-order valence-corrected chi connectivity index (χ0v) is 13.1. The minimum absolute atomic E-state index is 0.0129. The van der Waals surface area contributed by atoms with Crippen LogP contribution in [0.2, 0.25) is 0 Å². The second-order valence-corrected chi connectivity index (χ2v) is 6.02. The van der Waals surface area contributed by atoms with E-state index in [1.54, 1.807) is 24.3 Å². The van der Waals surface area contributed by atoms with E-state index in [9.17, 15) is 9.59 Å². The molecule has 3 rings (SSSR count). The van der Waals surface area contributed by atoms with Crippen LogP contribution in [0.25, 0.3) is 0 Å². The Morgan fingerprint density at radius 1 is 1.17 bits per heavy atom. The molecule has 5 heteroatoms. The maximum absolute atomic E-state index is 11.9. The van der Waals surface area contributed by atoms with Crippen molar-refractivity contribution in [3.8, 4) is 5.75 Å². The summed E-state index contributed by atoms with van der Waals surface area (Å²) in [6.07, 6.45) is -0.509. The van der Waals surface area contributed by atoms with Crippen molar-refractivity contribution in [2.24, 2.45) is 0 Å². The lowest BCUT2D eigenvalue weighted by molar-refractivity contribution is -0.119. The number of hydrogen-bond acceptors (Lipinski definition) is 3. The number of amides is 2. The fraction of sp³-hybridized carbons (Fsp3) is 0.222. The van der Waals surface area contributed by atoms with E-state index in [4.69, 9.17) is 4.74 Å². The van der Waals surface area contributed by atoms with Crippen LogP contribution >= 0.6 is 0 Å². The first kappa shape index (κ1) is 15.1. The third kappa shape index (κ3) is 3.04. The van der Waals surface area contributed by atoms with E-state index >= 15 is 0 Å². The summed E-state index contributed by atoms with van der Waals surface area (Å²) in [5.74, 6) is 0.482. The van der Waals surface area contributed by atoms with Gasteiger partial charge in [0.2, 0.25) is 5.91 Å². The smallest absolute Gasteiger partial charge is 0.410 e. The predicted molar refractivity (Wildman–Crippen MR) is 87.4 cm³/mol. The monoisotopic (exact) mass is 310 g/mol. The zero-order valence-electron chi connectivity index (χ0n) is 13.1. The minimum atomic E-state index is -0.560. The van der Waals surface area contributed by atoms with E-state index in [-0.39, 0.29) is 5.91 Å². The van der Waals surface area contributed by atoms with Crippen LogP contribution in [0.4, 0.5) is 10.5 Å². The van der Waals surface area contributed by atoms with Crippen LogP contribution in [0.3, 0.4) is 0 Å². The minimum Gasteiger partial charge on any atom is -0.410 e. The topological polar surface area (TPSA) is 67.4 Å². The third-order valence-corrected chi connectivity index (χ3v) is 3.96. The Kier molecular flexibility index (Phi) is 3.78. The molecule has 0 aromatic heterocycles. The molecule has 1 heterocycles. The maximum atomic E-state index is 11.9. The van der Waals surface area contributed by atoms with Gasteiger partial charge in [0.1, 0.15) is 5.75 Å². The van der Waals surface area contributed by atoms with Crippen molar-refractivity contribution in [2.75, 3.05) is 5.32 Å². The average Bonchev–Trinajstić information content (AvgIpc) is 2.76. The van der Waals surface area contributed by atoms with Crippen molar-refractivity contribution in [1.29, 1.82) is 0 Å². The number of benzene rings is 2. The second-order valence-electron chi connectivity index (χ2n) is 6.02. The van der Waals surface area contributed by atoms with Gasteiger partial charge in [-0.15, -0.1) is 0 Å². The van der Waals surface area contributed by atoms with Gasteiger partial charge in [0.25, 0.3) is 0 Å². The van der Waals surface area contributed by atoms with E-state index in [1.165, 1.54) is 0 Å². The molecule has 0 bridgehead atoms. The quantitative estimate of drug-likeness (QED) is 0.915. The number of ether oxygens (including phenoxy) is 1. The van der Waals surface area contributed by atoms with Crippen molar-refractivity contribution >= 4 is 17.7 Å². The lowest BCUT2D eigenvalue weighted by atomic mass is 9.85. The molecule has 5 nitrogen and oxygen atoms in total. The number of carbonyl (C=O) groups is 2. The summed E-state index contributed by atoms with van der Waals surface area (Å²) < 4.78 is 5.17. The molecule has 0 aliphatic carbocycles. The van der Waals surface area contributed by atoms with Gasteiger partial charge in [-0.05, 0) is 43.2 Å². The molecule has 0 saturated carbocycles. The SMILES string of the molecule is CC1(C)C(=O)Nc2ccc(CNC(=O)Oc3ccccc3)cc21. The lowest BCUT2D eigenvalue weighted by Gasteiger charge is -2.16. The molecular formula is C18H18N2O3. The summed E-state index contributed by atoms with van der Waals surface area (Å²) in [5.41, 5.74) is 2.13. The Hall–Kier alpha value is -2.82. The molecule has 1 aliphatic heterocycles. The van der Waals surface area contributed by atoms with Gasteiger partial charge >= 0.3 is 6.09 Å². The fourth-order valence-electron chi connectivity index (χ4n) is 2.53. The molecule has 2 N–H and O–H groups in total. The van der Waals surface area contributed by atoms with Gasteiger partial charge in [-0.1, -0.05) is 30.3 Å². The third-order valence-electron chi connectivity index (χ3n) is 3.96. The number of carbonyl (C=O) groups excluding carboxylic acids is 2. The normalized spacial score (nSPS) is 14.8. The Bertz CT molecular complexity index is 754. The highest BCUT2D eigenvalue weighted by molar-refractivity contribution is 6.05. The number of fused-ring (bicyclic) bond motifs is 1. The van der Waals surface area contributed by atoms with Crippen LogP contribution in [-0.4, -0.2) is 12.0 Å². The number of hydrogen-bond donors (Lipinski definition) is 2. The molecule has 0 spiro atoms. The Labute approximate surface area is 134 Å². The van der Waals surface area contributed by atoms with Gasteiger partial charge < -0.3 is 15.4 Å². The molecular weight excluding hydrogens is 292 g/mol. The van der Waals surface area contributed by atoms with E-state index in [2.05, 4.69) is 10.6 Å². The Morgan fingerprint density at radius 2 is 1.91 bits per heavy atom. The molecule has 0 atom stereocenters. The van der Waals surface area contributed by atoms with Crippen molar-refractivity contribution in [1.82, 2.24) is 5.32 Å². The first-order chi connectivity index (χ1) is 11.0. The van der Waals surface area contributed by atoms with E-state index in [1.807, 2.05) is 38.1 Å². The van der Waals surface area contributed by atoms with Gasteiger partial charge in [-0.25, -0.2) is 4.79 Å². The van der Waals surface area contributed by atoms with Gasteiger partial charge in [-0.2, -0.15) is 0 Å². The van der Waals surface area contributed by atoms with Crippen LogP contribution < -0.4 is 15.4 Å². The summed E-state index contributed by atoms with van der Waals surface area (Å²) in [6, 6.07) is 14.6. The highest BCUT2D eigenvalue weighted by Crippen LogP contribution is 2.37. The number of para-hydroxylation sites is 1. The summed E-state index contributed by atoms with van der Waals surface area (Å²) >= 11 is 0. The van der Waals surface area contributed by atoms with Crippen LogP contribution in [0.5, 0.6) is 5.75 Å². The number of anilines is 1. The van der Waals surface area contributed by atoms with E-state index < -0.39 is 11.5 Å². The van der Waals surface area contributed by atoms with Crippen molar-refractivity contribution in [3.63, 3.8) is 0 Å². The summed E-state index contributed by atoms with van der Waals surface area (Å²) in [7, 11) is 0. The van der Waals surface area contributed by atoms with Crippen LogP contribution in [0.15, 0.2) is 48.5 Å². The molecule has 2 aromatic rings. The van der Waals surface area contributed by atoms with E-state index in [0.717, 1.165) is 16.8 Å². The standard InChI is InChI=1S/C18H18N2O3/c1-18(2)14-10-12(8-9-15(14)20-16(18)21)11-19-17(22)23-13-6-4-3-5-7-13/h3-10H,11H2,1-2H3,(H,19,22)(H,20,21). The number of nitrogens with one attached hydrogen (secondary N) is 2. The molecule has 1 aliphatic rings. The van der Waals surface area contributed by atoms with E-state index in [0.29, 0.717) is 12.3 Å². The number of rotatable bonds is 3. The molecule has 2 aromatic carbocycles. The maximum Gasteiger partial charge on any atom is 0.412 e. The van der Waals surface area contributed by atoms with Gasteiger partial charge in [-0.3, -0.25) is 4.79 Å². The predicted octanol–water partition coefficient (Wildman–Crippen LogP) is 3.20. The van der Waals surface area contributed by atoms with Crippen molar-refractivity contribution in [3.05, 3.63) is 59.7 Å². The molecule has 118 valence electrons. The van der Waals surface area contributed by atoms with Crippen molar-refractivity contribution < 1.29 is 14.3 Å². The largest absolute Gasteiger partial charge is 0.412 e. The summed E-state index contributed by atoms with van der Waals surface area (Å²) in [4.78, 5) is 23.7. The Balaban J connectivity index is 1.65. The van der Waals surface area contributed by atoms with Crippen LogP contribution in [0, 0.1) is 0 Å². The van der Waals surface area contributed by atoms with Crippen LogP contribution in [0.1, 0.15) is 25.0 Å². The average molecular weight is 310 g/mol. The lowest BCUT2D eigenvalue weighted by Crippen LogP contribution is -2.27. The molecule has 0 unspecified atom stereocenters. The zero-order chi connectivity index (χ0) is 16.4. The van der Waals surface area contributed by atoms with Gasteiger partial charge in [0.15, 0.2) is 0 Å². The van der Waals surface area contributed by atoms with Gasteiger partial charge in [0, 0.05) is 12.2 Å².